The average Bonchev–Trinajstić information content (AvgIpc) is 1.68. The first-order chi connectivity index (χ1) is 45.8. The Balaban J connectivity index is 0.000000238. The van der Waals surface area contributed by atoms with E-state index in [9.17, 15) is 13.2 Å². The van der Waals surface area contributed by atoms with Gasteiger partial charge in [0.05, 0.1) is 17.2 Å². The van der Waals surface area contributed by atoms with Crippen molar-refractivity contribution < 1.29 is 35.8 Å². The number of benzene rings is 6. The van der Waals surface area contributed by atoms with Gasteiger partial charge < -0.3 is 27.9 Å². The highest BCUT2D eigenvalue weighted by Gasteiger charge is 2.26. The van der Waals surface area contributed by atoms with Gasteiger partial charge in [0.25, 0.3) is 5.91 Å². The van der Waals surface area contributed by atoms with Gasteiger partial charge in [0.1, 0.15) is 23.9 Å². The normalized spacial score (nSPS) is 12.5. The van der Waals surface area contributed by atoms with Gasteiger partial charge in [-0.15, -0.1) is 20.4 Å². The Morgan fingerprint density at radius 1 is 0.611 bits per heavy atom. The van der Waals surface area contributed by atoms with Crippen LogP contribution < -0.4 is 32.6 Å². The number of hydrogen-bond donors (Lipinski definition) is 4. The summed E-state index contributed by atoms with van der Waals surface area (Å²) < 4.78 is 62.5. The molecular weight excluding hydrogens is 1260 g/mol. The number of carbonyl (C=O) groups excluding carboxylic acids is 1. The van der Waals surface area contributed by atoms with Gasteiger partial charge in [0.15, 0.2) is 40.5 Å². The Hall–Kier alpha value is -8.46. The van der Waals surface area contributed by atoms with Crippen molar-refractivity contribution in [3.63, 3.8) is 0 Å². The molecule has 0 saturated heterocycles. The third-order valence-corrected chi connectivity index (χ3v) is 18.2. The molecule has 10 rings (SSSR count). The van der Waals surface area contributed by atoms with Crippen LogP contribution in [0, 0.1) is 34.6 Å². The minimum Gasteiger partial charge on any atom is -0.490 e. The van der Waals surface area contributed by atoms with Crippen molar-refractivity contribution in [3.05, 3.63) is 178 Å². The van der Waals surface area contributed by atoms with E-state index in [2.05, 4.69) is 81.3 Å². The zero-order valence-electron chi connectivity index (χ0n) is 56.4. The molecule has 0 radical (unpaired) electrons. The van der Waals surface area contributed by atoms with Gasteiger partial charge in [-0.1, -0.05) is 166 Å². The number of anilines is 2. The summed E-state index contributed by atoms with van der Waals surface area (Å²) in [6.07, 6.45) is 16.2. The number of nitrogens with zero attached hydrogens (tertiary/aromatic N) is 6. The highest BCUT2D eigenvalue weighted by molar-refractivity contribution is 7.82. The number of fused-ring (bicyclic) bond motifs is 2. The number of ether oxygens (including phenoxy) is 3. The fourth-order valence-corrected chi connectivity index (χ4v) is 12.8. The van der Waals surface area contributed by atoms with Crippen molar-refractivity contribution in [1.29, 1.82) is 0 Å². The van der Waals surface area contributed by atoms with E-state index in [0.29, 0.717) is 81.3 Å². The van der Waals surface area contributed by atoms with E-state index < -0.39 is 28.5 Å². The SMILES string of the molecule is CCCCCCCCCCC(Oc1ccc(S(=O)Oc2ccc(OCc3ccccc3)cc2)cc1)C(=O)Nc1c(C)cc(C)c(-c2nnc3cc(C)[nH]n23)c1C.CCCCCCCCOc1ccc(C)cc1OS(=O)Nc1cc(Cl)cc(-c2nnc3cc(C(C)(C)C)[nH]n23)c1. The number of H-pyrrole nitrogens is 2. The summed E-state index contributed by atoms with van der Waals surface area (Å²) in [6.45, 7) is 21.9. The summed E-state index contributed by atoms with van der Waals surface area (Å²) in [5.41, 5.74) is 11.2. The van der Waals surface area contributed by atoms with Crippen LogP contribution in [0.15, 0.2) is 138 Å². The molecule has 0 aliphatic carbocycles. The van der Waals surface area contributed by atoms with Gasteiger partial charge in [-0.05, 0) is 161 Å². The van der Waals surface area contributed by atoms with Crippen molar-refractivity contribution in [2.24, 2.45) is 0 Å². The number of carbonyl (C=O) groups is 1. The summed E-state index contributed by atoms with van der Waals surface area (Å²) in [4.78, 5) is 14.6. The number of aromatic amines is 2. The van der Waals surface area contributed by atoms with Crippen molar-refractivity contribution in [2.75, 3.05) is 16.6 Å². The largest absolute Gasteiger partial charge is 0.490 e. The lowest BCUT2D eigenvalue weighted by molar-refractivity contribution is -0.123. The van der Waals surface area contributed by atoms with E-state index in [-0.39, 0.29) is 11.3 Å². The van der Waals surface area contributed by atoms with Crippen LogP contribution >= 0.6 is 11.6 Å². The van der Waals surface area contributed by atoms with Crippen LogP contribution in [0.2, 0.25) is 5.02 Å². The lowest BCUT2D eigenvalue weighted by atomic mass is 9.93. The average molecular weight is 1350 g/mol. The Kier molecular flexibility index (Phi) is 25.6. The zero-order chi connectivity index (χ0) is 67.4. The summed E-state index contributed by atoms with van der Waals surface area (Å²) in [7, 11) is 0. The molecule has 0 aliphatic heterocycles. The van der Waals surface area contributed by atoms with Crippen LogP contribution in [0.4, 0.5) is 11.4 Å². The van der Waals surface area contributed by atoms with Crippen molar-refractivity contribution in [2.45, 2.75) is 189 Å². The Labute approximate surface area is 569 Å². The van der Waals surface area contributed by atoms with E-state index in [4.69, 9.17) is 34.2 Å². The van der Waals surface area contributed by atoms with Gasteiger partial charge in [-0.25, -0.2) is 13.2 Å². The number of halogens is 1. The first-order valence-electron chi connectivity index (χ1n) is 33.2. The quantitative estimate of drug-likeness (QED) is 0.0283. The second kappa shape index (κ2) is 34.3. The number of unbranched alkanes of at least 4 members (excludes halogenated alkanes) is 12. The third-order valence-electron chi connectivity index (χ3n) is 16.3. The van der Waals surface area contributed by atoms with E-state index in [0.717, 1.165) is 93.8 Å². The maximum absolute atomic E-state index is 14.1. The molecule has 1 amide bonds. The van der Waals surface area contributed by atoms with Crippen LogP contribution in [0.5, 0.6) is 28.7 Å². The second-order valence-electron chi connectivity index (χ2n) is 25.3. The van der Waals surface area contributed by atoms with Crippen molar-refractivity contribution in [1.82, 2.24) is 39.6 Å². The fraction of sp³-hybridized carbons (Fsp3) is 0.392. The second-order valence-corrected chi connectivity index (χ2v) is 27.7. The molecule has 0 aliphatic rings. The molecule has 0 saturated carbocycles. The van der Waals surface area contributed by atoms with Crippen LogP contribution in [-0.2, 0) is 39.2 Å². The maximum atomic E-state index is 14.1. The standard InChI is InChI=1S/C45H53N5O5S.C29H38ClN5O3S/c1-6-7-8-9-10-11-12-16-19-40(45(51)46-43-32(3)28-31(2)42(34(43)5)44-48-47-41-29-33(4)49-50(41)44)54-37-24-26-39(27-25-37)56(52)55-38-22-20-36(21-23-38)53-30-35-17-14-13-15-18-35;1-6-7-8-9-10-11-14-37-24-13-12-20(2)15-25(24)38-39(36)34-23-17-21(16-22(30)18-23)28-32-31-27-19-26(29(3,4)5)33-35(27)28/h13-15,17-18,20-29,40,49H,6-12,16,19,30H2,1-5H3,(H,46,51);12-13,15-19,33-34H,6-11,14H2,1-5H3. The predicted molar refractivity (Wildman–Crippen MR) is 382 cm³/mol. The number of amides is 1. The highest BCUT2D eigenvalue weighted by Crippen LogP contribution is 2.36. The Bertz CT molecular complexity index is 4160. The van der Waals surface area contributed by atoms with Crippen LogP contribution in [0.25, 0.3) is 34.1 Å². The lowest BCUT2D eigenvalue weighted by Crippen LogP contribution is -2.33. The van der Waals surface area contributed by atoms with Crippen LogP contribution in [0.1, 0.15) is 170 Å². The van der Waals surface area contributed by atoms with E-state index >= 15 is 0 Å². The molecule has 0 fully saturated rings. The molecule has 3 atom stereocenters. The fourth-order valence-electron chi connectivity index (χ4n) is 11.2. The number of aromatic nitrogens is 8. The zero-order valence-corrected chi connectivity index (χ0v) is 58.8. The first kappa shape index (κ1) is 70.8. The molecule has 18 nitrogen and oxygen atoms in total. The van der Waals surface area contributed by atoms with E-state index in [1.807, 2.05) is 110 Å². The van der Waals surface area contributed by atoms with Gasteiger partial charge in [0, 0.05) is 50.8 Å². The molecule has 4 N–H and O–H groups in total. The minimum absolute atomic E-state index is 0.0692. The molecule has 0 bridgehead atoms. The molecular formula is C74H91ClN10O8S2. The van der Waals surface area contributed by atoms with E-state index in [1.54, 1.807) is 60.7 Å². The Morgan fingerprint density at radius 2 is 1.24 bits per heavy atom. The van der Waals surface area contributed by atoms with Crippen molar-refractivity contribution in [3.8, 4) is 51.5 Å². The summed E-state index contributed by atoms with van der Waals surface area (Å²) >= 11 is 2.78. The topological polar surface area (TPSA) is 213 Å². The highest BCUT2D eigenvalue weighted by atomic mass is 35.5. The predicted octanol–water partition coefficient (Wildman–Crippen LogP) is 18.3. The van der Waals surface area contributed by atoms with Gasteiger partial charge in [-0.2, -0.15) is 4.21 Å². The van der Waals surface area contributed by atoms with Crippen LogP contribution in [0.3, 0.4) is 0 Å². The third kappa shape index (κ3) is 20.1. The summed E-state index contributed by atoms with van der Waals surface area (Å²) in [6, 6.07) is 40.8. The minimum atomic E-state index is -1.89. The molecule has 3 unspecified atom stereocenters. The maximum Gasteiger partial charge on any atom is 0.316 e. The summed E-state index contributed by atoms with van der Waals surface area (Å²) in [5, 5.41) is 27.8. The number of nitrogens with one attached hydrogen (secondary N) is 4. The first-order valence-corrected chi connectivity index (χ1v) is 35.7. The molecule has 0 spiro atoms. The van der Waals surface area contributed by atoms with Gasteiger partial charge in [0.2, 0.25) is 11.1 Å². The van der Waals surface area contributed by atoms with Gasteiger partial charge >= 0.3 is 11.3 Å². The monoisotopic (exact) mass is 1350 g/mol. The van der Waals surface area contributed by atoms with Gasteiger partial charge in [-0.3, -0.25) is 19.7 Å². The smallest absolute Gasteiger partial charge is 0.316 e. The van der Waals surface area contributed by atoms with Crippen LogP contribution in [-0.4, -0.2) is 66.7 Å². The Morgan fingerprint density at radius 3 is 1.94 bits per heavy atom. The molecule has 95 heavy (non-hydrogen) atoms. The summed E-state index contributed by atoms with van der Waals surface area (Å²) in [5.74, 6) is 3.73. The molecule has 504 valence electrons. The molecule has 6 aromatic carbocycles. The van der Waals surface area contributed by atoms with Crippen molar-refractivity contribution >= 4 is 62.5 Å². The number of rotatable bonds is 33. The van der Waals surface area contributed by atoms with E-state index in [1.165, 1.54) is 57.8 Å². The molecule has 4 heterocycles. The number of aryl methyl sites for hydroxylation is 4. The molecule has 4 aromatic heterocycles. The molecule has 21 heteroatoms. The number of hydrogen-bond acceptors (Lipinski definition) is 12. The molecule has 10 aromatic rings. The lowest BCUT2D eigenvalue weighted by Gasteiger charge is -2.22.